The van der Waals surface area contributed by atoms with Crippen molar-refractivity contribution in [3.05, 3.63) is 12.2 Å². The van der Waals surface area contributed by atoms with E-state index in [2.05, 4.69) is 22.4 Å². The van der Waals surface area contributed by atoms with Crippen LogP contribution in [0.3, 0.4) is 0 Å². The summed E-state index contributed by atoms with van der Waals surface area (Å²) in [5, 5.41) is 11.0. The monoisotopic (exact) mass is 212 g/mol. The van der Waals surface area contributed by atoms with Gasteiger partial charge in [-0.2, -0.15) is 0 Å². The lowest BCUT2D eigenvalue weighted by molar-refractivity contribution is 0.132. The Balaban J connectivity index is 1.96. The summed E-state index contributed by atoms with van der Waals surface area (Å²) in [7, 11) is 1.94. The number of rotatable bonds is 8. The van der Waals surface area contributed by atoms with Crippen LogP contribution in [0.4, 0.5) is 0 Å². The second-order valence-electron chi connectivity index (χ2n) is 3.50. The zero-order valence-corrected chi connectivity index (χ0v) is 9.57. The maximum Gasteiger partial charge on any atom is 0.146 e. The van der Waals surface area contributed by atoms with Crippen LogP contribution in [0.2, 0.25) is 0 Å². The van der Waals surface area contributed by atoms with Gasteiger partial charge in [-0.1, -0.05) is 13.3 Å². The number of hydrogen-bond acceptors (Lipinski definition) is 4. The summed E-state index contributed by atoms with van der Waals surface area (Å²) in [5.74, 6) is 0.948. The first-order valence-electron chi connectivity index (χ1n) is 5.46. The van der Waals surface area contributed by atoms with Crippen molar-refractivity contribution in [3.8, 4) is 0 Å². The molecule has 15 heavy (non-hydrogen) atoms. The van der Waals surface area contributed by atoms with E-state index < -0.39 is 0 Å². The van der Waals surface area contributed by atoms with Crippen molar-refractivity contribution >= 4 is 0 Å². The first-order chi connectivity index (χ1) is 7.34. The Hall–Kier alpha value is -0.940. The summed E-state index contributed by atoms with van der Waals surface area (Å²) in [6, 6.07) is 0. The third-order valence-electron chi connectivity index (χ3n) is 2.15. The van der Waals surface area contributed by atoms with Gasteiger partial charge >= 0.3 is 0 Å². The van der Waals surface area contributed by atoms with Gasteiger partial charge in [0.2, 0.25) is 0 Å². The summed E-state index contributed by atoms with van der Waals surface area (Å²) >= 11 is 0. The van der Waals surface area contributed by atoms with Crippen LogP contribution in [0.1, 0.15) is 25.6 Å². The Bertz CT molecular complexity index is 262. The second kappa shape index (κ2) is 7.36. The van der Waals surface area contributed by atoms with Gasteiger partial charge < -0.3 is 14.6 Å². The first kappa shape index (κ1) is 12.1. The number of unbranched alkanes of at least 4 members (excludes halogenated alkanes) is 1. The van der Waals surface area contributed by atoms with Crippen molar-refractivity contribution in [1.82, 2.24) is 20.1 Å². The topological polar surface area (TPSA) is 52.0 Å². The highest BCUT2D eigenvalue weighted by Crippen LogP contribution is 1.90. The summed E-state index contributed by atoms with van der Waals surface area (Å²) in [6.45, 7) is 5.39. The molecule has 5 nitrogen and oxygen atoms in total. The maximum atomic E-state index is 5.42. The Morgan fingerprint density at radius 1 is 1.47 bits per heavy atom. The lowest BCUT2D eigenvalue weighted by atomic mass is 10.4. The molecule has 0 aliphatic rings. The van der Waals surface area contributed by atoms with Gasteiger partial charge in [0.05, 0.1) is 13.2 Å². The molecule has 0 unspecified atom stereocenters. The fourth-order valence-electron chi connectivity index (χ4n) is 1.16. The van der Waals surface area contributed by atoms with Crippen LogP contribution < -0.4 is 5.32 Å². The molecule has 0 aromatic carbocycles. The SMILES string of the molecule is CCCCOCCNCc1nncn1C. The third-order valence-corrected chi connectivity index (χ3v) is 2.15. The van der Waals surface area contributed by atoms with Crippen LogP contribution in [0.5, 0.6) is 0 Å². The minimum absolute atomic E-state index is 0.744. The van der Waals surface area contributed by atoms with E-state index in [1.165, 1.54) is 6.42 Å². The summed E-state index contributed by atoms with van der Waals surface area (Å²) in [4.78, 5) is 0. The predicted octanol–water partition coefficient (Wildman–Crippen LogP) is 0.721. The van der Waals surface area contributed by atoms with Crippen LogP contribution in [-0.4, -0.2) is 34.5 Å². The van der Waals surface area contributed by atoms with Gasteiger partial charge in [-0.15, -0.1) is 10.2 Å². The van der Waals surface area contributed by atoms with E-state index in [0.29, 0.717) is 0 Å². The Morgan fingerprint density at radius 3 is 3.00 bits per heavy atom. The molecule has 1 aromatic rings. The summed E-state index contributed by atoms with van der Waals surface area (Å²) < 4.78 is 7.33. The van der Waals surface area contributed by atoms with Crippen LogP contribution >= 0.6 is 0 Å². The molecule has 0 atom stereocenters. The molecule has 0 fully saturated rings. The third kappa shape index (κ3) is 4.90. The van der Waals surface area contributed by atoms with E-state index in [9.17, 15) is 0 Å². The quantitative estimate of drug-likeness (QED) is 0.645. The normalized spacial score (nSPS) is 10.8. The van der Waals surface area contributed by atoms with Gasteiger partial charge in [0.1, 0.15) is 12.2 Å². The number of aryl methyl sites for hydroxylation is 1. The average Bonchev–Trinajstić information content (AvgIpc) is 2.63. The fraction of sp³-hybridized carbons (Fsp3) is 0.800. The van der Waals surface area contributed by atoms with Gasteiger partial charge in [-0.05, 0) is 6.42 Å². The second-order valence-corrected chi connectivity index (χ2v) is 3.50. The highest BCUT2D eigenvalue weighted by Gasteiger charge is 1.98. The van der Waals surface area contributed by atoms with Crippen molar-refractivity contribution in [2.24, 2.45) is 7.05 Å². The summed E-state index contributed by atoms with van der Waals surface area (Å²) in [6.07, 6.45) is 4.03. The number of nitrogens with one attached hydrogen (secondary N) is 1. The molecule has 0 amide bonds. The number of nitrogens with zero attached hydrogens (tertiary/aromatic N) is 3. The van der Waals surface area contributed by atoms with E-state index in [0.717, 1.165) is 38.5 Å². The van der Waals surface area contributed by atoms with Gasteiger partial charge in [0, 0.05) is 20.2 Å². The average molecular weight is 212 g/mol. The highest BCUT2D eigenvalue weighted by molar-refractivity contribution is 4.82. The van der Waals surface area contributed by atoms with Gasteiger partial charge in [0.25, 0.3) is 0 Å². The van der Waals surface area contributed by atoms with E-state index in [1.807, 2.05) is 11.6 Å². The lowest BCUT2D eigenvalue weighted by Crippen LogP contribution is -2.21. The lowest BCUT2D eigenvalue weighted by Gasteiger charge is -2.05. The molecule has 0 bridgehead atoms. The molecule has 1 heterocycles. The Kier molecular flexibility index (Phi) is 5.96. The molecule has 0 aliphatic heterocycles. The van der Waals surface area contributed by atoms with Crippen molar-refractivity contribution in [2.75, 3.05) is 19.8 Å². The van der Waals surface area contributed by atoms with Gasteiger partial charge in [-0.3, -0.25) is 0 Å². The molecule has 1 aromatic heterocycles. The van der Waals surface area contributed by atoms with Gasteiger partial charge in [-0.25, -0.2) is 0 Å². The minimum atomic E-state index is 0.744. The fourth-order valence-corrected chi connectivity index (χ4v) is 1.16. The van der Waals surface area contributed by atoms with Crippen molar-refractivity contribution in [1.29, 1.82) is 0 Å². The number of hydrogen-bond donors (Lipinski definition) is 1. The first-order valence-corrected chi connectivity index (χ1v) is 5.46. The molecule has 0 saturated carbocycles. The van der Waals surface area contributed by atoms with Crippen LogP contribution in [0.25, 0.3) is 0 Å². The van der Waals surface area contributed by atoms with Crippen LogP contribution in [0.15, 0.2) is 6.33 Å². The highest BCUT2D eigenvalue weighted by atomic mass is 16.5. The number of aromatic nitrogens is 3. The Labute approximate surface area is 90.8 Å². The zero-order valence-electron chi connectivity index (χ0n) is 9.57. The molecule has 86 valence electrons. The molecule has 5 heteroatoms. The molecule has 0 saturated heterocycles. The van der Waals surface area contributed by atoms with E-state index in [1.54, 1.807) is 6.33 Å². The standard InChI is InChI=1S/C10H20N4O/c1-3-4-6-15-7-5-11-8-10-13-12-9-14(10)2/h9,11H,3-8H2,1-2H3. The number of ether oxygens (including phenoxy) is 1. The molecule has 1 N–H and O–H groups in total. The van der Waals surface area contributed by atoms with E-state index in [-0.39, 0.29) is 0 Å². The zero-order chi connectivity index (χ0) is 10.9. The Morgan fingerprint density at radius 2 is 2.33 bits per heavy atom. The minimum Gasteiger partial charge on any atom is -0.380 e. The molecule has 1 rings (SSSR count). The molecular formula is C10H20N4O. The van der Waals surface area contributed by atoms with E-state index >= 15 is 0 Å². The van der Waals surface area contributed by atoms with Crippen molar-refractivity contribution in [2.45, 2.75) is 26.3 Å². The van der Waals surface area contributed by atoms with Gasteiger partial charge in [0.15, 0.2) is 0 Å². The van der Waals surface area contributed by atoms with E-state index in [4.69, 9.17) is 4.74 Å². The van der Waals surface area contributed by atoms with Crippen molar-refractivity contribution in [3.63, 3.8) is 0 Å². The molecular weight excluding hydrogens is 192 g/mol. The van der Waals surface area contributed by atoms with Crippen molar-refractivity contribution < 1.29 is 4.74 Å². The molecule has 0 aliphatic carbocycles. The molecule has 0 radical (unpaired) electrons. The molecule has 0 spiro atoms. The predicted molar refractivity (Wildman–Crippen MR) is 58.4 cm³/mol. The smallest absolute Gasteiger partial charge is 0.146 e. The van der Waals surface area contributed by atoms with Crippen LogP contribution in [0, 0.1) is 0 Å². The van der Waals surface area contributed by atoms with Crippen LogP contribution in [-0.2, 0) is 18.3 Å². The largest absolute Gasteiger partial charge is 0.380 e. The maximum absolute atomic E-state index is 5.42. The summed E-state index contributed by atoms with van der Waals surface area (Å²) in [5.41, 5.74) is 0.